The Balaban J connectivity index is 1.78. The molecule has 5 nitrogen and oxygen atoms in total. The van der Waals surface area contributed by atoms with Crippen LogP contribution in [0.25, 0.3) is 22.2 Å². The SMILES string of the molecule is CS(=O)(=O)c1cccc(Oc2ccc(Cl)c(-c3ncnc4c(Cl)cccc34)c2)c1. The van der Waals surface area contributed by atoms with Crippen molar-refractivity contribution in [2.45, 2.75) is 4.90 Å². The normalized spacial score (nSPS) is 11.6. The average molecular weight is 445 g/mol. The summed E-state index contributed by atoms with van der Waals surface area (Å²) < 4.78 is 29.4. The highest BCUT2D eigenvalue weighted by Crippen LogP contribution is 2.36. The molecule has 3 aromatic carbocycles. The number of rotatable bonds is 4. The minimum absolute atomic E-state index is 0.181. The van der Waals surface area contributed by atoms with Crippen molar-refractivity contribution in [1.29, 1.82) is 0 Å². The summed E-state index contributed by atoms with van der Waals surface area (Å²) >= 11 is 12.7. The molecule has 1 heterocycles. The summed E-state index contributed by atoms with van der Waals surface area (Å²) in [6.07, 6.45) is 2.58. The largest absolute Gasteiger partial charge is 0.457 e. The standard InChI is InChI=1S/C21H14Cl2N2O3S/c1-29(26,27)15-5-2-4-13(10-15)28-14-8-9-18(22)17(11-14)20-16-6-3-7-19(23)21(16)25-12-24-20/h2-12H,1H3. The summed E-state index contributed by atoms with van der Waals surface area (Å²) in [6, 6.07) is 16.9. The highest BCUT2D eigenvalue weighted by molar-refractivity contribution is 7.90. The van der Waals surface area contributed by atoms with Crippen molar-refractivity contribution in [2.24, 2.45) is 0 Å². The van der Waals surface area contributed by atoms with Crippen LogP contribution in [0.2, 0.25) is 10.0 Å². The minimum atomic E-state index is -3.33. The number of halogens is 2. The van der Waals surface area contributed by atoms with Gasteiger partial charge < -0.3 is 4.74 Å². The van der Waals surface area contributed by atoms with Gasteiger partial charge in [0.15, 0.2) is 9.84 Å². The van der Waals surface area contributed by atoms with E-state index in [0.29, 0.717) is 38.3 Å². The van der Waals surface area contributed by atoms with Crippen LogP contribution in [0.4, 0.5) is 0 Å². The molecular formula is C21H14Cl2N2O3S. The molecule has 0 aliphatic heterocycles. The molecule has 4 rings (SSSR count). The van der Waals surface area contributed by atoms with Crippen LogP contribution in [0, 0.1) is 0 Å². The molecule has 0 bridgehead atoms. The summed E-state index contributed by atoms with van der Waals surface area (Å²) in [5, 5.41) is 1.77. The second-order valence-corrected chi connectivity index (χ2v) is 9.18. The molecule has 0 fully saturated rings. The summed E-state index contributed by atoms with van der Waals surface area (Å²) in [5.41, 5.74) is 1.90. The lowest BCUT2D eigenvalue weighted by Crippen LogP contribution is -1.97. The summed E-state index contributed by atoms with van der Waals surface area (Å²) in [7, 11) is -3.33. The summed E-state index contributed by atoms with van der Waals surface area (Å²) in [4.78, 5) is 8.81. The van der Waals surface area contributed by atoms with Crippen molar-refractivity contribution in [3.8, 4) is 22.8 Å². The molecule has 0 aliphatic rings. The molecule has 0 unspecified atom stereocenters. The van der Waals surface area contributed by atoms with E-state index in [9.17, 15) is 8.42 Å². The van der Waals surface area contributed by atoms with E-state index in [2.05, 4.69) is 9.97 Å². The van der Waals surface area contributed by atoms with Crippen LogP contribution < -0.4 is 4.74 Å². The van der Waals surface area contributed by atoms with Gasteiger partial charge in [0.1, 0.15) is 17.8 Å². The van der Waals surface area contributed by atoms with Crippen molar-refractivity contribution in [3.05, 3.63) is 77.0 Å². The van der Waals surface area contributed by atoms with Crippen LogP contribution in [0.15, 0.2) is 71.9 Å². The van der Waals surface area contributed by atoms with Crippen molar-refractivity contribution in [1.82, 2.24) is 9.97 Å². The maximum atomic E-state index is 11.8. The number of aromatic nitrogens is 2. The smallest absolute Gasteiger partial charge is 0.175 e. The van der Waals surface area contributed by atoms with Gasteiger partial charge in [0.05, 0.1) is 26.2 Å². The molecule has 0 spiro atoms. The third-order valence-corrected chi connectivity index (χ3v) is 6.02. The third kappa shape index (κ3) is 4.05. The van der Waals surface area contributed by atoms with E-state index in [1.807, 2.05) is 12.1 Å². The van der Waals surface area contributed by atoms with Gasteiger partial charge in [0, 0.05) is 17.2 Å². The van der Waals surface area contributed by atoms with Gasteiger partial charge in [-0.05, 0) is 42.5 Å². The summed E-state index contributed by atoms with van der Waals surface area (Å²) in [5.74, 6) is 0.889. The first-order chi connectivity index (χ1) is 13.8. The fourth-order valence-corrected chi connectivity index (χ4v) is 4.01. The number of sulfone groups is 1. The van der Waals surface area contributed by atoms with E-state index in [1.54, 1.807) is 36.4 Å². The Bertz CT molecular complexity index is 1340. The molecule has 1 aromatic heterocycles. The highest BCUT2D eigenvalue weighted by atomic mass is 35.5. The zero-order valence-electron chi connectivity index (χ0n) is 15.1. The van der Waals surface area contributed by atoms with E-state index in [4.69, 9.17) is 27.9 Å². The number of ether oxygens (including phenoxy) is 1. The molecule has 4 aromatic rings. The molecule has 0 saturated carbocycles. The number of fused-ring (bicyclic) bond motifs is 1. The number of para-hydroxylation sites is 1. The highest BCUT2D eigenvalue weighted by Gasteiger charge is 2.14. The Morgan fingerprint density at radius 3 is 2.41 bits per heavy atom. The van der Waals surface area contributed by atoms with Crippen molar-refractivity contribution < 1.29 is 13.2 Å². The van der Waals surface area contributed by atoms with Crippen LogP contribution in [-0.2, 0) is 9.84 Å². The zero-order valence-corrected chi connectivity index (χ0v) is 17.5. The molecule has 0 N–H and O–H groups in total. The second-order valence-electron chi connectivity index (χ2n) is 6.35. The van der Waals surface area contributed by atoms with Crippen LogP contribution in [0.3, 0.4) is 0 Å². The van der Waals surface area contributed by atoms with Gasteiger partial charge in [0.25, 0.3) is 0 Å². The number of hydrogen-bond donors (Lipinski definition) is 0. The Hall–Kier alpha value is -2.67. The fraction of sp³-hybridized carbons (Fsp3) is 0.0476. The third-order valence-electron chi connectivity index (χ3n) is 4.28. The summed E-state index contributed by atoms with van der Waals surface area (Å²) in [6.45, 7) is 0. The monoisotopic (exact) mass is 444 g/mol. The predicted molar refractivity (Wildman–Crippen MR) is 115 cm³/mol. The number of benzene rings is 3. The predicted octanol–water partition coefficient (Wildman–Crippen LogP) is 5.80. The zero-order chi connectivity index (χ0) is 20.6. The Morgan fingerprint density at radius 2 is 1.62 bits per heavy atom. The van der Waals surface area contributed by atoms with Gasteiger partial charge >= 0.3 is 0 Å². The minimum Gasteiger partial charge on any atom is -0.457 e. The lowest BCUT2D eigenvalue weighted by Gasteiger charge is -2.11. The van der Waals surface area contributed by atoms with Crippen LogP contribution in [0.1, 0.15) is 0 Å². The Labute approximate surface area is 177 Å². The van der Waals surface area contributed by atoms with E-state index in [-0.39, 0.29) is 4.90 Å². The molecule has 0 aliphatic carbocycles. The van der Waals surface area contributed by atoms with Gasteiger partial charge in [-0.2, -0.15) is 0 Å². The van der Waals surface area contributed by atoms with Crippen LogP contribution >= 0.6 is 23.2 Å². The Morgan fingerprint density at radius 1 is 0.862 bits per heavy atom. The molecule has 0 radical (unpaired) electrons. The molecule has 146 valence electrons. The van der Waals surface area contributed by atoms with E-state index in [1.165, 1.54) is 18.5 Å². The first-order valence-corrected chi connectivity index (χ1v) is 11.1. The fourth-order valence-electron chi connectivity index (χ4n) is 2.92. The van der Waals surface area contributed by atoms with E-state index in [0.717, 1.165) is 11.6 Å². The van der Waals surface area contributed by atoms with E-state index < -0.39 is 9.84 Å². The number of hydrogen-bond acceptors (Lipinski definition) is 5. The maximum Gasteiger partial charge on any atom is 0.175 e. The van der Waals surface area contributed by atoms with Crippen molar-refractivity contribution >= 4 is 43.9 Å². The van der Waals surface area contributed by atoms with Gasteiger partial charge in [-0.15, -0.1) is 0 Å². The van der Waals surface area contributed by atoms with Crippen LogP contribution in [-0.4, -0.2) is 24.6 Å². The molecule has 0 saturated heterocycles. The van der Waals surface area contributed by atoms with Crippen molar-refractivity contribution in [2.75, 3.05) is 6.26 Å². The van der Waals surface area contributed by atoms with Crippen LogP contribution in [0.5, 0.6) is 11.5 Å². The van der Waals surface area contributed by atoms with Gasteiger partial charge in [0.2, 0.25) is 0 Å². The van der Waals surface area contributed by atoms with Gasteiger partial charge in [-0.3, -0.25) is 0 Å². The van der Waals surface area contributed by atoms with E-state index >= 15 is 0 Å². The first kappa shape index (κ1) is 19.6. The number of nitrogens with zero attached hydrogens (tertiary/aromatic N) is 2. The molecule has 0 amide bonds. The maximum absolute atomic E-state index is 11.8. The lowest BCUT2D eigenvalue weighted by molar-refractivity contribution is 0.481. The molecule has 29 heavy (non-hydrogen) atoms. The molecular weight excluding hydrogens is 431 g/mol. The van der Waals surface area contributed by atoms with Crippen molar-refractivity contribution in [3.63, 3.8) is 0 Å². The van der Waals surface area contributed by atoms with Gasteiger partial charge in [-0.25, -0.2) is 18.4 Å². The molecule has 8 heteroatoms. The quantitative estimate of drug-likeness (QED) is 0.397. The first-order valence-electron chi connectivity index (χ1n) is 8.50. The van der Waals surface area contributed by atoms with Gasteiger partial charge in [-0.1, -0.05) is 41.4 Å². The average Bonchev–Trinajstić information content (AvgIpc) is 2.69. The molecule has 0 atom stereocenters. The topological polar surface area (TPSA) is 69.2 Å². The second kappa shape index (κ2) is 7.63. The Kier molecular flexibility index (Phi) is 5.17. The lowest BCUT2D eigenvalue weighted by atomic mass is 10.1.